The number of hydrogen-bond acceptors (Lipinski definition) is 8. The van der Waals surface area contributed by atoms with E-state index in [-0.39, 0.29) is 5.56 Å². The second-order valence-electron chi connectivity index (χ2n) is 7.17. The highest BCUT2D eigenvalue weighted by Gasteiger charge is 2.21. The van der Waals surface area contributed by atoms with E-state index in [1.54, 1.807) is 18.3 Å². The molecule has 4 heterocycles. The minimum atomic E-state index is -0.203. The average molecular weight is 385 g/mol. The van der Waals surface area contributed by atoms with Crippen molar-refractivity contribution in [2.75, 3.05) is 54.9 Å². The maximum absolute atomic E-state index is 12.1. The molecule has 0 spiro atoms. The molecule has 1 atom stereocenters. The number of hydrogen-bond donors (Lipinski definition) is 4. The van der Waals surface area contributed by atoms with E-state index in [0.29, 0.717) is 30.9 Å². The first-order valence-corrected chi connectivity index (χ1v) is 9.84. The minimum absolute atomic E-state index is 0.203. The van der Waals surface area contributed by atoms with Crippen LogP contribution in [-0.2, 0) is 4.74 Å². The lowest BCUT2D eigenvalue weighted by molar-refractivity contribution is 0.122. The number of nitrogens with one attached hydrogen (secondary N) is 4. The van der Waals surface area contributed by atoms with E-state index in [1.807, 2.05) is 6.92 Å². The lowest BCUT2D eigenvalue weighted by Crippen LogP contribution is -2.39. The Morgan fingerprint density at radius 3 is 2.89 bits per heavy atom. The Morgan fingerprint density at radius 1 is 1.29 bits per heavy atom. The second-order valence-corrected chi connectivity index (χ2v) is 7.17. The van der Waals surface area contributed by atoms with Gasteiger partial charge in [0.1, 0.15) is 17.3 Å². The SMILES string of the molecule is Cc1c(NC2CCCNC2)nc(Nc2ccc[nH]c2=O)nc1N1CCOCC1. The molecule has 2 aliphatic rings. The highest BCUT2D eigenvalue weighted by Crippen LogP contribution is 2.28. The molecule has 0 saturated carbocycles. The van der Waals surface area contributed by atoms with Crippen LogP contribution >= 0.6 is 0 Å². The number of piperidine rings is 1. The lowest BCUT2D eigenvalue weighted by atomic mass is 10.1. The largest absolute Gasteiger partial charge is 0.378 e. The number of H-pyrrole nitrogens is 1. The van der Waals surface area contributed by atoms with Crippen LogP contribution < -0.4 is 26.4 Å². The minimum Gasteiger partial charge on any atom is -0.378 e. The Labute approximate surface area is 163 Å². The van der Waals surface area contributed by atoms with E-state index >= 15 is 0 Å². The van der Waals surface area contributed by atoms with E-state index in [2.05, 4.69) is 30.8 Å². The quantitative estimate of drug-likeness (QED) is 0.609. The molecule has 2 fully saturated rings. The van der Waals surface area contributed by atoms with Crippen LogP contribution in [0.5, 0.6) is 0 Å². The normalized spacial score (nSPS) is 20.0. The van der Waals surface area contributed by atoms with Gasteiger partial charge in [0.15, 0.2) is 0 Å². The summed E-state index contributed by atoms with van der Waals surface area (Å²) < 4.78 is 5.48. The molecule has 2 aromatic heterocycles. The molecule has 9 nitrogen and oxygen atoms in total. The van der Waals surface area contributed by atoms with Crippen LogP contribution in [0, 0.1) is 6.92 Å². The molecule has 4 N–H and O–H groups in total. The molecule has 2 aromatic rings. The van der Waals surface area contributed by atoms with Gasteiger partial charge < -0.3 is 30.6 Å². The van der Waals surface area contributed by atoms with Crippen LogP contribution in [0.25, 0.3) is 0 Å². The van der Waals surface area contributed by atoms with Gasteiger partial charge in [0, 0.05) is 37.4 Å². The fourth-order valence-corrected chi connectivity index (χ4v) is 3.59. The summed E-state index contributed by atoms with van der Waals surface area (Å²) in [5.41, 5.74) is 1.23. The molecule has 1 unspecified atom stereocenters. The van der Waals surface area contributed by atoms with E-state index < -0.39 is 0 Å². The van der Waals surface area contributed by atoms with Crippen molar-refractivity contribution in [3.63, 3.8) is 0 Å². The number of anilines is 4. The molecule has 4 rings (SSSR count). The van der Waals surface area contributed by atoms with Crippen molar-refractivity contribution >= 4 is 23.3 Å². The van der Waals surface area contributed by atoms with Crippen LogP contribution in [0.2, 0.25) is 0 Å². The maximum atomic E-state index is 12.1. The molecule has 2 aliphatic heterocycles. The van der Waals surface area contributed by atoms with Gasteiger partial charge in [-0.1, -0.05) is 0 Å². The van der Waals surface area contributed by atoms with Crippen molar-refractivity contribution in [3.05, 3.63) is 34.2 Å². The van der Waals surface area contributed by atoms with Gasteiger partial charge in [-0.2, -0.15) is 9.97 Å². The number of morpholine rings is 1. The first-order chi connectivity index (χ1) is 13.7. The van der Waals surface area contributed by atoms with Crippen molar-refractivity contribution in [2.24, 2.45) is 0 Å². The second kappa shape index (κ2) is 8.57. The number of ether oxygens (including phenoxy) is 1. The highest BCUT2D eigenvalue weighted by molar-refractivity contribution is 5.64. The fourth-order valence-electron chi connectivity index (χ4n) is 3.59. The Kier molecular flexibility index (Phi) is 5.73. The van der Waals surface area contributed by atoms with Crippen molar-refractivity contribution in [1.29, 1.82) is 0 Å². The van der Waals surface area contributed by atoms with Gasteiger partial charge in [0.25, 0.3) is 5.56 Å². The Morgan fingerprint density at radius 2 is 2.14 bits per heavy atom. The van der Waals surface area contributed by atoms with Gasteiger partial charge in [-0.15, -0.1) is 0 Å². The number of rotatable bonds is 5. The summed E-state index contributed by atoms with van der Waals surface area (Å²) in [6, 6.07) is 3.82. The van der Waals surface area contributed by atoms with Crippen LogP contribution in [0.1, 0.15) is 18.4 Å². The number of aromatic amines is 1. The molecule has 0 aromatic carbocycles. The van der Waals surface area contributed by atoms with E-state index in [1.165, 1.54) is 0 Å². The van der Waals surface area contributed by atoms with Crippen molar-refractivity contribution in [1.82, 2.24) is 20.3 Å². The van der Waals surface area contributed by atoms with Gasteiger partial charge >= 0.3 is 0 Å². The van der Waals surface area contributed by atoms with Crippen LogP contribution in [0.15, 0.2) is 23.1 Å². The molecular formula is C19H27N7O2. The summed E-state index contributed by atoms with van der Waals surface area (Å²) in [6.07, 6.45) is 3.85. The van der Waals surface area contributed by atoms with Crippen molar-refractivity contribution in [3.8, 4) is 0 Å². The average Bonchev–Trinajstić information content (AvgIpc) is 2.73. The van der Waals surface area contributed by atoms with Gasteiger partial charge in [-0.05, 0) is 38.4 Å². The molecule has 0 radical (unpaired) electrons. The summed E-state index contributed by atoms with van der Waals surface area (Å²) in [6.45, 7) is 6.95. The molecule has 9 heteroatoms. The van der Waals surface area contributed by atoms with Gasteiger partial charge in [0.2, 0.25) is 5.95 Å². The third-order valence-corrected chi connectivity index (χ3v) is 5.13. The van der Waals surface area contributed by atoms with Crippen LogP contribution in [0.4, 0.5) is 23.3 Å². The summed E-state index contributed by atoms with van der Waals surface area (Å²) in [5.74, 6) is 2.09. The number of nitrogens with zero attached hydrogens (tertiary/aromatic N) is 3. The summed E-state index contributed by atoms with van der Waals surface area (Å²) in [7, 11) is 0. The van der Waals surface area contributed by atoms with Gasteiger partial charge in [-0.3, -0.25) is 4.79 Å². The third kappa shape index (κ3) is 4.26. The summed E-state index contributed by atoms with van der Waals surface area (Å²) >= 11 is 0. The van der Waals surface area contributed by atoms with E-state index in [0.717, 1.165) is 56.2 Å². The third-order valence-electron chi connectivity index (χ3n) is 5.13. The van der Waals surface area contributed by atoms with E-state index in [4.69, 9.17) is 9.72 Å². The first-order valence-electron chi connectivity index (χ1n) is 9.84. The fraction of sp³-hybridized carbons (Fsp3) is 0.526. The molecule has 0 aliphatic carbocycles. The van der Waals surface area contributed by atoms with Gasteiger partial charge in [0.05, 0.1) is 13.2 Å². The molecule has 0 bridgehead atoms. The Balaban J connectivity index is 1.67. The van der Waals surface area contributed by atoms with Crippen molar-refractivity contribution < 1.29 is 4.74 Å². The molecule has 0 amide bonds. The molecule has 28 heavy (non-hydrogen) atoms. The van der Waals surface area contributed by atoms with Crippen LogP contribution in [0.3, 0.4) is 0 Å². The molecule has 2 saturated heterocycles. The van der Waals surface area contributed by atoms with Gasteiger partial charge in [-0.25, -0.2) is 0 Å². The maximum Gasteiger partial charge on any atom is 0.271 e. The zero-order chi connectivity index (χ0) is 19.3. The Hall–Kier alpha value is -2.65. The highest BCUT2D eigenvalue weighted by atomic mass is 16.5. The van der Waals surface area contributed by atoms with Crippen molar-refractivity contribution in [2.45, 2.75) is 25.8 Å². The topological polar surface area (TPSA) is 107 Å². The summed E-state index contributed by atoms with van der Waals surface area (Å²) in [4.78, 5) is 26.3. The van der Waals surface area contributed by atoms with E-state index in [9.17, 15) is 4.79 Å². The Bertz CT molecular complexity index is 858. The predicted molar refractivity (Wildman–Crippen MR) is 110 cm³/mol. The smallest absolute Gasteiger partial charge is 0.271 e. The first kappa shape index (κ1) is 18.7. The van der Waals surface area contributed by atoms with Crippen LogP contribution in [-0.4, -0.2) is 60.4 Å². The molecule has 150 valence electrons. The standard InChI is InChI=1S/C19H27N7O2/c1-13-16(22-14-4-2-6-20-12-14)24-19(23-15-5-3-7-21-18(15)27)25-17(13)26-8-10-28-11-9-26/h3,5,7,14,20H,2,4,6,8-12H2,1H3,(H,21,27)(H2,22,23,24,25). The lowest BCUT2D eigenvalue weighted by Gasteiger charge is -2.31. The molecular weight excluding hydrogens is 358 g/mol. The predicted octanol–water partition coefficient (Wildman–Crippen LogP) is 1.22. The zero-order valence-corrected chi connectivity index (χ0v) is 16.1. The number of aromatic nitrogens is 3. The number of pyridine rings is 1. The monoisotopic (exact) mass is 385 g/mol. The summed E-state index contributed by atoms with van der Waals surface area (Å²) in [5, 5.41) is 10.1. The zero-order valence-electron chi connectivity index (χ0n) is 16.1.